The Hall–Kier alpha value is -3.66. The Bertz CT molecular complexity index is 1280. The maximum absolute atomic E-state index is 12.6. The van der Waals surface area contributed by atoms with Gasteiger partial charge in [0.15, 0.2) is 5.43 Å². The molecule has 0 spiro atoms. The summed E-state index contributed by atoms with van der Waals surface area (Å²) < 4.78 is 5.91. The molecule has 0 unspecified atom stereocenters. The van der Waals surface area contributed by atoms with Crippen molar-refractivity contribution < 1.29 is 9.21 Å². The van der Waals surface area contributed by atoms with E-state index in [0.717, 1.165) is 27.9 Å². The van der Waals surface area contributed by atoms with Crippen LogP contribution in [0.15, 0.2) is 75.9 Å². The zero-order chi connectivity index (χ0) is 20.5. The fraction of sp³-hybridized carbons (Fsp3) is 0.120. The molecule has 4 nitrogen and oxygen atoms in total. The topological polar surface area (TPSA) is 59.3 Å². The molecule has 1 N–H and O–H groups in total. The van der Waals surface area contributed by atoms with E-state index in [1.807, 2.05) is 57.2 Å². The van der Waals surface area contributed by atoms with E-state index >= 15 is 0 Å². The molecule has 0 radical (unpaired) electrons. The average molecular weight is 383 g/mol. The fourth-order valence-corrected chi connectivity index (χ4v) is 3.28. The van der Waals surface area contributed by atoms with E-state index < -0.39 is 0 Å². The SMILES string of the molecule is Cc1ccc2oc(-c3ccc(C(=O)Nc4cccc(C)c4C)cc3)cc(=O)c2c1. The second-order valence-electron chi connectivity index (χ2n) is 7.25. The third kappa shape index (κ3) is 3.69. The number of benzene rings is 3. The van der Waals surface area contributed by atoms with Crippen molar-refractivity contribution in [2.24, 2.45) is 0 Å². The monoisotopic (exact) mass is 383 g/mol. The van der Waals surface area contributed by atoms with E-state index in [9.17, 15) is 9.59 Å². The number of nitrogens with one attached hydrogen (secondary N) is 1. The van der Waals surface area contributed by atoms with Gasteiger partial charge in [-0.2, -0.15) is 0 Å². The highest BCUT2D eigenvalue weighted by molar-refractivity contribution is 6.05. The Labute approximate surface area is 168 Å². The Balaban J connectivity index is 1.62. The van der Waals surface area contributed by atoms with E-state index in [1.165, 1.54) is 6.07 Å². The molecule has 4 aromatic rings. The quantitative estimate of drug-likeness (QED) is 0.498. The summed E-state index contributed by atoms with van der Waals surface area (Å²) in [4.78, 5) is 25.0. The minimum absolute atomic E-state index is 0.0818. The van der Waals surface area contributed by atoms with Crippen LogP contribution in [0.3, 0.4) is 0 Å². The molecule has 1 aromatic heterocycles. The summed E-state index contributed by atoms with van der Waals surface area (Å²) in [6.45, 7) is 5.94. The zero-order valence-corrected chi connectivity index (χ0v) is 16.6. The molecule has 1 heterocycles. The number of carbonyl (C=O) groups is 1. The van der Waals surface area contributed by atoms with Crippen molar-refractivity contribution in [2.75, 3.05) is 5.32 Å². The van der Waals surface area contributed by atoms with Gasteiger partial charge in [0.25, 0.3) is 5.91 Å². The van der Waals surface area contributed by atoms with Crippen LogP contribution in [0.4, 0.5) is 5.69 Å². The highest BCUT2D eigenvalue weighted by atomic mass is 16.3. The van der Waals surface area contributed by atoms with E-state index in [-0.39, 0.29) is 11.3 Å². The first-order chi connectivity index (χ1) is 13.9. The number of rotatable bonds is 3. The van der Waals surface area contributed by atoms with Gasteiger partial charge in [-0.05, 0) is 62.2 Å². The van der Waals surface area contributed by atoms with Crippen LogP contribution >= 0.6 is 0 Å². The maximum atomic E-state index is 12.6. The van der Waals surface area contributed by atoms with Crippen molar-refractivity contribution in [3.8, 4) is 11.3 Å². The van der Waals surface area contributed by atoms with Crippen molar-refractivity contribution in [1.82, 2.24) is 0 Å². The lowest BCUT2D eigenvalue weighted by Crippen LogP contribution is -2.13. The van der Waals surface area contributed by atoms with E-state index in [0.29, 0.717) is 22.3 Å². The Morgan fingerprint density at radius 2 is 1.66 bits per heavy atom. The molecular weight excluding hydrogens is 362 g/mol. The number of fused-ring (bicyclic) bond motifs is 1. The molecule has 0 aliphatic heterocycles. The number of amides is 1. The first-order valence-electron chi connectivity index (χ1n) is 9.45. The molecule has 4 heteroatoms. The molecule has 29 heavy (non-hydrogen) atoms. The number of hydrogen-bond donors (Lipinski definition) is 1. The van der Waals surface area contributed by atoms with Crippen molar-refractivity contribution in [2.45, 2.75) is 20.8 Å². The van der Waals surface area contributed by atoms with Gasteiger partial charge >= 0.3 is 0 Å². The third-order valence-corrected chi connectivity index (χ3v) is 5.17. The normalized spacial score (nSPS) is 10.9. The second-order valence-corrected chi connectivity index (χ2v) is 7.25. The smallest absolute Gasteiger partial charge is 0.255 e. The number of aryl methyl sites for hydroxylation is 2. The summed E-state index contributed by atoms with van der Waals surface area (Å²) in [6.07, 6.45) is 0. The first kappa shape index (κ1) is 18.7. The van der Waals surface area contributed by atoms with Crippen molar-refractivity contribution in [1.29, 1.82) is 0 Å². The first-order valence-corrected chi connectivity index (χ1v) is 9.45. The largest absolute Gasteiger partial charge is 0.456 e. The predicted octanol–water partition coefficient (Wildman–Crippen LogP) is 5.64. The minimum Gasteiger partial charge on any atom is -0.456 e. The summed E-state index contributed by atoms with van der Waals surface area (Å²) in [7, 11) is 0. The highest BCUT2D eigenvalue weighted by Crippen LogP contribution is 2.24. The van der Waals surface area contributed by atoms with Crippen molar-refractivity contribution >= 4 is 22.6 Å². The fourth-order valence-electron chi connectivity index (χ4n) is 3.28. The highest BCUT2D eigenvalue weighted by Gasteiger charge is 2.11. The van der Waals surface area contributed by atoms with Crippen LogP contribution in [0.1, 0.15) is 27.0 Å². The lowest BCUT2D eigenvalue weighted by molar-refractivity contribution is 0.102. The van der Waals surface area contributed by atoms with Crippen molar-refractivity contribution in [3.05, 3.63) is 99.2 Å². The molecule has 0 saturated heterocycles. The van der Waals surface area contributed by atoms with Crippen LogP contribution in [0.5, 0.6) is 0 Å². The maximum Gasteiger partial charge on any atom is 0.255 e. The minimum atomic E-state index is -0.180. The van der Waals surface area contributed by atoms with Crippen LogP contribution in [0, 0.1) is 20.8 Å². The lowest BCUT2D eigenvalue weighted by atomic mass is 10.1. The van der Waals surface area contributed by atoms with Crippen LogP contribution in [0.2, 0.25) is 0 Å². The van der Waals surface area contributed by atoms with Crippen LogP contribution in [0.25, 0.3) is 22.3 Å². The van der Waals surface area contributed by atoms with Crippen molar-refractivity contribution in [3.63, 3.8) is 0 Å². The molecule has 0 fully saturated rings. The van der Waals surface area contributed by atoms with Gasteiger partial charge in [-0.25, -0.2) is 0 Å². The van der Waals surface area contributed by atoms with E-state index in [2.05, 4.69) is 5.32 Å². The molecule has 0 atom stereocenters. The Morgan fingerprint density at radius 1 is 0.897 bits per heavy atom. The molecule has 144 valence electrons. The number of hydrogen-bond acceptors (Lipinski definition) is 3. The van der Waals surface area contributed by atoms with Gasteiger partial charge in [0.05, 0.1) is 5.39 Å². The standard InChI is InChI=1S/C25H21NO3/c1-15-7-12-23-20(13-15)22(27)14-24(29-23)18-8-10-19(11-9-18)25(28)26-21-6-4-5-16(2)17(21)3/h4-14H,1-3H3,(H,26,28). The summed E-state index contributed by atoms with van der Waals surface area (Å²) in [5.41, 5.74) is 5.73. The molecule has 0 aliphatic rings. The molecular formula is C25H21NO3. The van der Waals surface area contributed by atoms with Crippen LogP contribution in [-0.4, -0.2) is 5.91 Å². The van der Waals surface area contributed by atoms with Gasteiger partial charge in [-0.1, -0.05) is 35.9 Å². The summed E-state index contributed by atoms with van der Waals surface area (Å²) >= 11 is 0. The van der Waals surface area contributed by atoms with Gasteiger partial charge in [-0.3, -0.25) is 9.59 Å². The van der Waals surface area contributed by atoms with Crippen LogP contribution in [-0.2, 0) is 0 Å². The lowest BCUT2D eigenvalue weighted by Gasteiger charge is -2.10. The summed E-state index contributed by atoms with van der Waals surface area (Å²) in [5.74, 6) is 0.300. The van der Waals surface area contributed by atoms with Crippen LogP contribution < -0.4 is 10.7 Å². The molecule has 0 saturated carbocycles. The summed E-state index contributed by atoms with van der Waals surface area (Å²) in [6, 6.07) is 19.9. The average Bonchev–Trinajstić information content (AvgIpc) is 2.72. The van der Waals surface area contributed by atoms with Gasteiger partial charge in [-0.15, -0.1) is 0 Å². The van der Waals surface area contributed by atoms with Gasteiger partial charge in [0.1, 0.15) is 11.3 Å². The number of carbonyl (C=O) groups excluding carboxylic acids is 1. The second kappa shape index (κ2) is 7.40. The summed E-state index contributed by atoms with van der Waals surface area (Å²) in [5, 5.41) is 3.52. The van der Waals surface area contributed by atoms with Gasteiger partial charge < -0.3 is 9.73 Å². The zero-order valence-electron chi connectivity index (χ0n) is 16.6. The Morgan fingerprint density at radius 3 is 2.41 bits per heavy atom. The molecule has 1 amide bonds. The molecule has 0 aliphatic carbocycles. The molecule has 3 aromatic carbocycles. The molecule has 0 bridgehead atoms. The van der Waals surface area contributed by atoms with E-state index in [1.54, 1.807) is 24.3 Å². The van der Waals surface area contributed by atoms with Gasteiger partial charge in [0, 0.05) is 22.9 Å². The Kier molecular flexibility index (Phi) is 4.77. The predicted molar refractivity (Wildman–Crippen MR) is 117 cm³/mol. The molecule has 4 rings (SSSR count). The van der Waals surface area contributed by atoms with E-state index in [4.69, 9.17) is 4.42 Å². The third-order valence-electron chi connectivity index (χ3n) is 5.17. The number of anilines is 1. The van der Waals surface area contributed by atoms with Gasteiger partial charge in [0.2, 0.25) is 0 Å².